The molecule has 1 aliphatic carbocycles. The molecule has 1 atom stereocenters. The smallest absolute Gasteiger partial charge is 0.262 e. The summed E-state index contributed by atoms with van der Waals surface area (Å²) in [5.41, 5.74) is 2.31. The molecule has 34 heavy (non-hydrogen) atoms. The number of fused-ring (bicyclic) bond motifs is 1. The fraction of sp³-hybridized carbons (Fsp3) is 0.333. The minimum atomic E-state index is -0.748. The van der Waals surface area contributed by atoms with Crippen LogP contribution in [0.25, 0.3) is 11.3 Å². The first-order chi connectivity index (χ1) is 16.0. The summed E-state index contributed by atoms with van der Waals surface area (Å²) in [6.45, 7) is 6.02. The molecule has 7 heteroatoms. The van der Waals surface area contributed by atoms with Gasteiger partial charge in [0.05, 0.1) is 11.7 Å². The number of nitrogens with zero attached hydrogens (tertiary/aromatic N) is 2. The van der Waals surface area contributed by atoms with Crippen LogP contribution >= 0.6 is 11.6 Å². The summed E-state index contributed by atoms with van der Waals surface area (Å²) >= 11 is 6.10. The Hall–Kier alpha value is -2.99. The SMILES string of the molecule is CN(C(=O)CC(C)(C)C)C1CCc2c1cn(C(=O)c1cccc(Cl)c1)c2-c1ccc(F)cc1F. The first kappa shape index (κ1) is 24.1. The fourth-order valence-corrected chi connectivity index (χ4v) is 4.79. The van der Waals surface area contributed by atoms with Gasteiger partial charge >= 0.3 is 0 Å². The predicted molar refractivity (Wildman–Crippen MR) is 129 cm³/mol. The second kappa shape index (κ2) is 8.99. The van der Waals surface area contributed by atoms with Crippen molar-refractivity contribution in [3.63, 3.8) is 0 Å². The monoisotopic (exact) mass is 484 g/mol. The minimum absolute atomic E-state index is 0.00813. The molecule has 1 heterocycles. The Bertz CT molecular complexity index is 1280. The van der Waals surface area contributed by atoms with Crippen LogP contribution in [0.4, 0.5) is 8.78 Å². The van der Waals surface area contributed by atoms with E-state index in [4.69, 9.17) is 11.6 Å². The molecule has 0 saturated heterocycles. The topological polar surface area (TPSA) is 42.3 Å². The van der Waals surface area contributed by atoms with Gasteiger partial charge in [-0.15, -0.1) is 0 Å². The van der Waals surface area contributed by atoms with Crippen LogP contribution in [0.2, 0.25) is 5.02 Å². The molecule has 2 aromatic carbocycles. The second-order valence-electron chi connectivity index (χ2n) is 10.0. The van der Waals surface area contributed by atoms with E-state index in [2.05, 4.69) is 0 Å². The van der Waals surface area contributed by atoms with Gasteiger partial charge in [0.2, 0.25) is 5.91 Å². The highest BCUT2D eigenvalue weighted by Crippen LogP contribution is 2.43. The maximum absolute atomic E-state index is 14.9. The largest absolute Gasteiger partial charge is 0.339 e. The molecule has 0 bridgehead atoms. The molecular weight excluding hydrogens is 458 g/mol. The van der Waals surface area contributed by atoms with Crippen molar-refractivity contribution in [1.29, 1.82) is 0 Å². The van der Waals surface area contributed by atoms with Crippen LogP contribution in [-0.2, 0) is 11.2 Å². The van der Waals surface area contributed by atoms with Crippen molar-refractivity contribution >= 4 is 23.4 Å². The lowest BCUT2D eigenvalue weighted by molar-refractivity contribution is -0.134. The van der Waals surface area contributed by atoms with Gasteiger partial charge in [-0.1, -0.05) is 38.4 Å². The van der Waals surface area contributed by atoms with Gasteiger partial charge in [0.15, 0.2) is 0 Å². The summed E-state index contributed by atoms with van der Waals surface area (Å²) in [6.07, 6.45) is 3.31. The zero-order chi connectivity index (χ0) is 24.8. The molecule has 0 spiro atoms. The van der Waals surface area contributed by atoms with Crippen molar-refractivity contribution in [2.45, 2.75) is 46.1 Å². The number of carbonyl (C=O) groups excluding carboxylic acids is 2. The standard InChI is InChI=1S/C27H27ClF2N2O2/c1-27(2,3)14-24(33)31(4)23-11-10-19-21(23)15-32(26(34)16-6-5-7-17(28)12-16)25(19)20-9-8-18(29)13-22(20)30/h5-9,12-13,15,23H,10-11,14H2,1-4H3. The molecule has 3 aromatic rings. The molecule has 1 aliphatic rings. The van der Waals surface area contributed by atoms with Crippen molar-refractivity contribution in [3.05, 3.63) is 82.0 Å². The van der Waals surface area contributed by atoms with E-state index in [1.807, 2.05) is 20.8 Å². The van der Waals surface area contributed by atoms with Crippen molar-refractivity contribution in [3.8, 4) is 11.3 Å². The Morgan fingerprint density at radius 1 is 1.15 bits per heavy atom. The van der Waals surface area contributed by atoms with Gasteiger partial charge in [-0.2, -0.15) is 0 Å². The summed E-state index contributed by atoms with van der Waals surface area (Å²) in [6, 6.07) is 9.64. The van der Waals surface area contributed by atoms with Crippen molar-refractivity contribution in [1.82, 2.24) is 9.47 Å². The maximum Gasteiger partial charge on any atom is 0.262 e. The Morgan fingerprint density at radius 2 is 1.88 bits per heavy atom. The van der Waals surface area contributed by atoms with Gasteiger partial charge in [0, 0.05) is 41.9 Å². The lowest BCUT2D eigenvalue weighted by Crippen LogP contribution is -2.32. The minimum Gasteiger partial charge on any atom is -0.339 e. The third-order valence-corrected chi connectivity index (χ3v) is 6.42. The van der Waals surface area contributed by atoms with E-state index in [1.165, 1.54) is 16.7 Å². The van der Waals surface area contributed by atoms with Gasteiger partial charge in [-0.05, 0) is 59.7 Å². The number of hydrogen-bond donors (Lipinski definition) is 0. The summed E-state index contributed by atoms with van der Waals surface area (Å²) in [4.78, 5) is 28.2. The van der Waals surface area contributed by atoms with Gasteiger partial charge in [0.25, 0.3) is 5.91 Å². The molecule has 1 unspecified atom stereocenters. The van der Waals surface area contributed by atoms with E-state index in [1.54, 1.807) is 42.4 Å². The molecule has 178 valence electrons. The first-order valence-corrected chi connectivity index (χ1v) is 11.6. The molecule has 0 radical (unpaired) electrons. The molecule has 1 aromatic heterocycles. The van der Waals surface area contributed by atoms with Crippen LogP contribution in [0, 0.1) is 17.0 Å². The summed E-state index contributed by atoms with van der Waals surface area (Å²) in [5, 5.41) is 0.408. The molecule has 0 saturated carbocycles. The van der Waals surface area contributed by atoms with Crippen molar-refractivity contribution < 1.29 is 18.4 Å². The Labute approximate surface area is 203 Å². The van der Waals surface area contributed by atoms with Gasteiger partial charge < -0.3 is 4.90 Å². The highest BCUT2D eigenvalue weighted by Gasteiger charge is 2.36. The summed E-state index contributed by atoms with van der Waals surface area (Å²) < 4.78 is 30.0. The molecular formula is C27H27ClF2N2O2. The zero-order valence-electron chi connectivity index (χ0n) is 19.7. The number of rotatable bonds is 4. The van der Waals surface area contributed by atoms with Crippen LogP contribution < -0.4 is 0 Å². The average molecular weight is 485 g/mol. The molecule has 0 fully saturated rings. The molecule has 0 N–H and O–H groups in total. The number of hydrogen-bond acceptors (Lipinski definition) is 2. The third kappa shape index (κ3) is 4.64. The van der Waals surface area contributed by atoms with Crippen LogP contribution in [0.5, 0.6) is 0 Å². The fourth-order valence-electron chi connectivity index (χ4n) is 4.60. The van der Waals surface area contributed by atoms with E-state index in [0.29, 0.717) is 35.5 Å². The van der Waals surface area contributed by atoms with Gasteiger partial charge in [-0.25, -0.2) is 8.78 Å². The Kier molecular flexibility index (Phi) is 6.38. The summed E-state index contributed by atoms with van der Waals surface area (Å²) in [5.74, 6) is -1.81. The Morgan fingerprint density at radius 3 is 2.53 bits per heavy atom. The van der Waals surface area contributed by atoms with Crippen LogP contribution in [0.3, 0.4) is 0 Å². The molecule has 4 rings (SSSR count). The lowest BCUT2D eigenvalue weighted by Gasteiger charge is -2.28. The normalized spacial score (nSPS) is 15.3. The van der Waals surface area contributed by atoms with Crippen molar-refractivity contribution in [2.24, 2.45) is 5.41 Å². The quantitative estimate of drug-likeness (QED) is 0.415. The zero-order valence-corrected chi connectivity index (χ0v) is 20.4. The van der Waals surface area contributed by atoms with Crippen LogP contribution in [0.1, 0.15) is 61.1 Å². The van der Waals surface area contributed by atoms with E-state index in [-0.39, 0.29) is 28.8 Å². The molecule has 0 aliphatic heterocycles. The Balaban J connectivity index is 1.83. The van der Waals surface area contributed by atoms with E-state index in [9.17, 15) is 18.4 Å². The highest BCUT2D eigenvalue weighted by atomic mass is 35.5. The van der Waals surface area contributed by atoms with Gasteiger partial charge in [-0.3, -0.25) is 14.2 Å². The number of aromatic nitrogens is 1. The second-order valence-corrected chi connectivity index (χ2v) is 10.5. The van der Waals surface area contributed by atoms with Crippen LogP contribution in [-0.4, -0.2) is 28.3 Å². The molecule has 4 nitrogen and oxygen atoms in total. The molecule has 1 amide bonds. The maximum atomic E-state index is 14.9. The number of benzene rings is 2. The van der Waals surface area contributed by atoms with Crippen LogP contribution in [0.15, 0.2) is 48.7 Å². The summed E-state index contributed by atoms with van der Waals surface area (Å²) in [7, 11) is 1.77. The number of amides is 1. The number of carbonyl (C=O) groups is 2. The van der Waals surface area contributed by atoms with Gasteiger partial charge in [0.1, 0.15) is 11.6 Å². The van der Waals surface area contributed by atoms with E-state index >= 15 is 0 Å². The third-order valence-electron chi connectivity index (χ3n) is 6.19. The van der Waals surface area contributed by atoms with Crippen molar-refractivity contribution in [2.75, 3.05) is 7.05 Å². The van der Waals surface area contributed by atoms with E-state index < -0.39 is 11.6 Å². The average Bonchev–Trinajstić information content (AvgIpc) is 3.31. The lowest BCUT2D eigenvalue weighted by atomic mass is 9.91. The van der Waals surface area contributed by atoms with E-state index in [0.717, 1.165) is 17.2 Å². The highest BCUT2D eigenvalue weighted by molar-refractivity contribution is 6.31. The predicted octanol–water partition coefficient (Wildman–Crippen LogP) is 6.66. The first-order valence-electron chi connectivity index (χ1n) is 11.2. The number of halogens is 3.